The van der Waals surface area contributed by atoms with Crippen LogP contribution in [-0.2, 0) is 15.0 Å². The Bertz CT molecular complexity index is 1500. The molecule has 2 aliphatic rings. The maximum atomic E-state index is 12.3. The summed E-state index contributed by atoms with van der Waals surface area (Å²) in [6.07, 6.45) is 1.72. The van der Waals surface area contributed by atoms with Gasteiger partial charge < -0.3 is 0 Å². The number of hydrogen-bond acceptors (Lipinski definition) is 3. The summed E-state index contributed by atoms with van der Waals surface area (Å²) in [5.41, 5.74) is 4.90. The molecule has 0 saturated carbocycles. The van der Waals surface area contributed by atoms with Crippen LogP contribution in [0.5, 0.6) is 0 Å². The molecule has 2 aromatic heterocycles. The van der Waals surface area contributed by atoms with Crippen LogP contribution < -0.4 is 10.6 Å². The predicted molar refractivity (Wildman–Crippen MR) is 127 cm³/mol. The van der Waals surface area contributed by atoms with Gasteiger partial charge in [0.05, 0.1) is 0 Å². The number of para-hydroxylation sites is 2. The Morgan fingerprint density at radius 1 is 0.968 bits per heavy atom. The summed E-state index contributed by atoms with van der Waals surface area (Å²) in [7, 11) is 0. The number of carbonyl (C=O) groups excluding carboxylic acids is 2. The molecule has 0 bridgehead atoms. The van der Waals surface area contributed by atoms with Crippen LogP contribution in [0.4, 0.5) is 0 Å². The van der Waals surface area contributed by atoms with E-state index in [2.05, 4.69) is 77.6 Å². The fraction of sp³-hybridized carbons (Fsp3) is 0.125. The molecule has 152 valence electrons. The van der Waals surface area contributed by atoms with Gasteiger partial charge in [-0.2, -0.15) is 0 Å². The van der Waals surface area contributed by atoms with Crippen molar-refractivity contribution < 1.29 is 9.59 Å². The zero-order chi connectivity index (χ0) is 21.5. The molecule has 0 spiro atoms. The molecule has 4 aromatic rings. The average molecular weight is 490 g/mol. The van der Waals surface area contributed by atoms with E-state index in [0.29, 0.717) is 0 Å². The zero-order valence-electron chi connectivity index (χ0n) is 16.8. The van der Waals surface area contributed by atoms with Gasteiger partial charge in [0.25, 0.3) is 0 Å². The second-order valence-electron chi connectivity index (χ2n) is 8.34. The number of fused-ring (bicyclic) bond motifs is 5. The molecule has 4 heterocycles. The van der Waals surface area contributed by atoms with E-state index in [1.807, 2.05) is 0 Å². The summed E-state index contributed by atoms with van der Waals surface area (Å²) in [5, 5.41) is 7.58. The normalized spacial score (nSPS) is 17.0. The molecule has 31 heavy (non-hydrogen) atoms. The first kappa shape index (κ1) is 18.8. The van der Waals surface area contributed by atoms with Crippen LogP contribution in [0.2, 0.25) is 0 Å². The van der Waals surface area contributed by atoms with Crippen LogP contribution in [0.3, 0.4) is 0 Å². The van der Waals surface area contributed by atoms with Crippen LogP contribution in [0, 0.1) is 0 Å². The number of amides is 2. The molecule has 1 fully saturated rings. The Morgan fingerprint density at radius 3 is 2.45 bits per heavy atom. The van der Waals surface area contributed by atoms with E-state index in [0.717, 1.165) is 4.44 Å². The van der Waals surface area contributed by atoms with Crippen LogP contribution in [0.1, 0.15) is 29.4 Å². The molecule has 0 atom stereocenters. The third-order valence-electron chi connectivity index (χ3n) is 6.21. The summed E-state index contributed by atoms with van der Waals surface area (Å²) in [5.74, 6) is -0.904. The monoisotopic (exact) mass is 491 g/mol. The molecule has 2 aliphatic heterocycles. The number of benzene rings is 2. The first-order valence-electron chi connectivity index (χ1n) is 9.92. The summed E-state index contributed by atoms with van der Waals surface area (Å²) in [6.45, 7) is 4.50. The van der Waals surface area contributed by atoms with Gasteiger partial charge in [0.1, 0.15) is 0 Å². The van der Waals surface area contributed by atoms with Crippen molar-refractivity contribution in [2.75, 3.05) is 0 Å². The third kappa shape index (κ3) is 2.51. The van der Waals surface area contributed by atoms with Gasteiger partial charge in [-0.25, -0.2) is 0 Å². The molecular formula is C24H17N3O2SSe. The van der Waals surface area contributed by atoms with E-state index < -0.39 is 11.8 Å². The van der Waals surface area contributed by atoms with E-state index >= 15 is 0 Å². The van der Waals surface area contributed by atoms with Crippen LogP contribution >= 0.6 is 12.2 Å². The Hall–Kier alpha value is -2.99. The van der Waals surface area contributed by atoms with Gasteiger partial charge in [0, 0.05) is 0 Å². The second-order valence-corrected chi connectivity index (χ2v) is 11.0. The van der Waals surface area contributed by atoms with Crippen molar-refractivity contribution >= 4 is 71.5 Å². The van der Waals surface area contributed by atoms with Gasteiger partial charge in [-0.05, 0) is 0 Å². The molecule has 0 aliphatic carbocycles. The van der Waals surface area contributed by atoms with Crippen molar-refractivity contribution in [3.63, 3.8) is 0 Å². The Balaban J connectivity index is 1.64. The van der Waals surface area contributed by atoms with Crippen molar-refractivity contribution in [2.45, 2.75) is 19.3 Å². The average Bonchev–Trinajstić information content (AvgIpc) is 3.29. The summed E-state index contributed by atoms with van der Waals surface area (Å²) in [4.78, 5) is 24.7. The molecule has 0 unspecified atom stereocenters. The van der Waals surface area contributed by atoms with Gasteiger partial charge in [0.2, 0.25) is 0 Å². The molecular weight excluding hydrogens is 473 g/mol. The van der Waals surface area contributed by atoms with Gasteiger partial charge in [-0.3, -0.25) is 0 Å². The standard InChI is InChI=1S/C24H17N3O2SSe/c1-24(2)16-8-5-7-14-13-6-3-4-9-18(13)27(19(14)16)22-17(24)11-12(31-22)10-15-20(28)25-23(30)26-21(15)29/h3-11H,1-2H3,(H2,25,26,28,29,30). The van der Waals surface area contributed by atoms with E-state index in [1.165, 1.54) is 37.5 Å². The quantitative estimate of drug-likeness (QED) is 0.186. The fourth-order valence-electron chi connectivity index (χ4n) is 4.71. The molecule has 1 saturated heterocycles. The van der Waals surface area contributed by atoms with Crippen LogP contribution in [0.15, 0.2) is 54.1 Å². The number of carbonyl (C=O) groups is 2. The molecule has 2 N–H and O–H groups in total. The first-order chi connectivity index (χ1) is 14.9. The van der Waals surface area contributed by atoms with E-state index in [4.69, 9.17) is 12.2 Å². The Labute approximate surface area is 189 Å². The van der Waals surface area contributed by atoms with E-state index in [-0.39, 0.29) is 30.6 Å². The van der Waals surface area contributed by atoms with Gasteiger partial charge in [-0.1, -0.05) is 0 Å². The van der Waals surface area contributed by atoms with Gasteiger partial charge in [-0.15, -0.1) is 0 Å². The van der Waals surface area contributed by atoms with Crippen molar-refractivity contribution in [1.82, 2.24) is 15.2 Å². The van der Waals surface area contributed by atoms with Crippen molar-refractivity contribution in [3.05, 3.63) is 69.7 Å². The first-order valence-corrected chi connectivity index (χ1v) is 12.0. The Kier molecular flexibility index (Phi) is 3.79. The summed E-state index contributed by atoms with van der Waals surface area (Å²) >= 11 is 4.85. The topological polar surface area (TPSA) is 63.1 Å². The molecule has 6 rings (SSSR count). The molecule has 0 radical (unpaired) electrons. The zero-order valence-corrected chi connectivity index (χ0v) is 19.3. The second kappa shape index (κ2) is 6.26. The van der Waals surface area contributed by atoms with Crippen LogP contribution in [0.25, 0.3) is 32.4 Å². The SMILES string of the molecule is CC1(C)c2cc(C=C3C(=O)NC(=S)NC3=O)[se]c2-n2c3ccccc3c3cccc1c32. The number of thiocarbonyl (C=S) groups is 1. The minimum absolute atomic E-state index is 0.0493. The van der Waals surface area contributed by atoms with Crippen molar-refractivity contribution in [3.8, 4) is 4.56 Å². The number of nitrogens with one attached hydrogen (secondary N) is 2. The maximum absolute atomic E-state index is 12.3. The number of nitrogens with zero attached hydrogens (tertiary/aromatic N) is 1. The van der Waals surface area contributed by atoms with Gasteiger partial charge >= 0.3 is 190 Å². The number of rotatable bonds is 1. The summed E-state index contributed by atoms with van der Waals surface area (Å²) in [6, 6.07) is 17.2. The Morgan fingerprint density at radius 2 is 1.68 bits per heavy atom. The van der Waals surface area contributed by atoms with E-state index in [9.17, 15) is 9.59 Å². The molecule has 5 nitrogen and oxygen atoms in total. The number of hydrogen-bond donors (Lipinski definition) is 2. The molecule has 2 amide bonds. The minimum atomic E-state index is -0.452. The van der Waals surface area contributed by atoms with Crippen LogP contribution in [-0.4, -0.2) is 36.0 Å². The fourth-order valence-corrected chi connectivity index (χ4v) is 7.59. The molecule has 2 aromatic carbocycles. The molecule has 7 heteroatoms. The predicted octanol–water partition coefficient (Wildman–Crippen LogP) is 3.39. The van der Waals surface area contributed by atoms with Crippen molar-refractivity contribution in [1.29, 1.82) is 0 Å². The summed E-state index contributed by atoms with van der Waals surface area (Å²) < 4.78 is 4.65. The van der Waals surface area contributed by atoms with E-state index in [1.54, 1.807) is 6.08 Å². The number of aromatic nitrogens is 1. The van der Waals surface area contributed by atoms with Gasteiger partial charge in [0.15, 0.2) is 0 Å². The van der Waals surface area contributed by atoms with Crippen molar-refractivity contribution in [2.24, 2.45) is 0 Å². The third-order valence-corrected chi connectivity index (χ3v) is 8.65.